The first kappa shape index (κ1) is 15.8. The minimum Gasteiger partial charge on any atom is -0.369 e. The summed E-state index contributed by atoms with van der Waals surface area (Å²) in [5.41, 5.74) is 5.10. The summed E-state index contributed by atoms with van der Waals surface area (Å²) in [6, 6.07) is 12.5. The summed E-state index contributed by atoms with van der Waals surface area (Å²) in [5, 5.41) is 8.60. The molecule has 0 bridgehead atoms. The van der Waals surface area contributed by atoms with Crippen molar-refractivity contribution in [3.8, 4) is 11.5 Å². The molecule has 0 unspecified atom stereocenters. The number of H-pyrrole nitrogens is 2. The van der Waals surface area contributed by atoms with Crippen LogP contribution in [0.4, 0.5) is 5.69 Å². The van der Waals surface area contributed by atoms with Crippen molar-refractivity contribution in [1.29, 1.82) is 0 Å². The van der Waals surface area contributed by atoms with Crippen LogP contribution in [0, 0.1) is 0 Å². The van der Waals surface area contributed by atoms with Gasteiger partial charge in [0.25, 0.3) is 0 Å². The van der Waals surface area contributed by atoms with E-state index in [1.807, 2.05) is 12.1 Å². The van der Waals surface area contributed by atoms with Gasteiger partial charge in [-0.3, -0.25) is 5.10 Å². The Balaban J connectivity index is 1.54. The van der Waals surface area contributed by atoms with Gasteiger partial charge in [-0.15, -0.1) is 0 Å². The van der Waals surface area contributed by atoms with E-state index in [4.69, 9.17) is 4.98 Å². The Labute approximate surface area is 159 Å². The zero-order valence-corrected chi connectivity index (χ0v) is 16.0. The minimum atomic E-state index is 0.792. The van der Waals surface area contributed by atoms with Gasteiger partial charge in [0, 0.05) is 41.7 Å². The number of likely N-dealkylation sites (N-methyl/N-ethyl adjacent to an activating group) is 1. The van der Waals surface area contributed by atoms with Crippen LogP contribution in [-0.2, 0) is 0 Å². The molecule has 2 aromatic carbocycles. The highest BCUT2D eigenvalue weighted by Gasteiger charge is 2.16. The maximum atomic E-state index is 4.75. The molecule has 4 aromatic rings. The number of rotatable bonds is 2. The van der Waals surface area contributed by atoms with Gasteiger partial charge < -0.3 is 14.8 Å². The Hall–Kier alpha value is -2.38. The number of aromatic nitrogens is 4. The third-order valence-corrected chi connectivity index (χ3v) is 5.58. The summed E-state index contributed by atoms with van der Waals surface area (Å²) < 4.78 is 1.03. The van der Waals surface area contributed by atoms with E-state index < -0.39 is 0 Å². The van der Waals surface area contributed by atoms with E-state index in [0.29, 0.717) is 0 Å². The first-order chi connectivity index (χ1) is 12.7. The molecular weight excluding hydrogens is 392 g/mol. The lowest BCUT2D eigenvalue weighted by atomic mass is 10.2. The lowest BCUT2D eigenvalue weighted by Gasteiger charge is -2.34. The van der Waals surface area contributed by atoms with Crippen LogP contribution < -0.4 is 4.90 Å². The van der Waals surface area contributed by atoms with Crippen LogP contribution >= 0.6 is 15.9 Å². The van der Waals surface area contributed by atoms with Gasteiger partial charge in [-0.25, -0.2) is 4.98 Å². The standard InChI is InChI=1S/C19H19BrN6/c1-25-6-8-26(9-7-25)13-3-5-16-17(11-13)22-19(21-16)18-14-10-12(20)2-4-15(14)23-24-18/h2-5,10-11H,6-9H2,1H3,(H,21,22)(H,23,24). The quantitative estimate of drug-likeness (QED) is 0.529. The van der Waals surface area contributed by atoms with Gasteiger partial charge in [0.15, 0.2) is 5.82 Å². The van der Waals surface area contributed by atoms with Crippen molar-refractivity contribution in [3.63, 3.8) is 0 Å². The fourth-order valence-corrected chi connectivity index (χ4v) is 3.90. The molecule has 0 spiro atoms. The molecule has 132 valence electrons. The molecule has 1 aliphatic heterocycles. The Morgan fingerprint density at radius 2 is 1.85 bits per heavy atom. The zero-order chi connectivity index (χ0) is 17.7. The predicted octanol–water partition coefficient (Wildman–Crippen LogP) is 3.62. The summed E-state index contributed by atoms with van der Waals surface area (Å²) in [5.74, 6) is 0.792. The van der Waals surface area contributed by atoms with Crippen molar-refractivity contribution in [2.45, 2.75) is 0 Å². The molecule has 2 N–H and O–H groups in total. The van der Waals surface area contributed by atoms with Gasteiger partial charge in [-0.2, -0.15) is 5.10 Å². The van der Waals surface area contributed by atoms with Gasteiger partial charge in [0.1, 0.15) is 5.69 Å². The maximum absolute atomic E-state index is 4.75. The number of nitrogens with zero attached hydrogens (tertiary/aromatic N) is 4. The van der Waals surface area contributed by atoms with Crippen LogP contribution in [0.25, 0.3) is 33.5 Å². The monoisotopic (exact) mass is 410 g/mol. The van der Waals surface area contributed by atoms with Crippen molar-refractivity contribution in [2.24, 2.45) is 0 Å². The second-order valence-electron chi connectivity index (χ2n) is 6.84. The number of aromatic amines is 2. The van der Waals surface area contributed by atoms with Gasteiger partial charge in [0.05, 0.1) is 16.6 Å². The number of anilines is 1. The molecule has 0 saturated carbocycles. The Kier molecular flexibility index (Phi) is 3.72. The molecule has 1 saturated heterocycles. The Bertz CT molecular complexity index is 1090. The number of imidazole rings is 1. The fraction of sp³-hybridized carbons (Fsp3) is 0.263. The topological polar surface area (TPSA) is 63.8 Å². The number of nitrogens with one attached hydrogen (secondary N) is 2. The number of hydrogen-bond donors (Lipinski definition) is 2. The molecule has 0 amide bonds. The van der Waals surface area contributed by atoms with Crippen LogP contribution in [0.15, 0.2) is 40.9 Å². The molecule has 26 heavy (non-hydrogen) atoms. The van der Waals surface area contributed by atoms with E-state index in [1.165, 1.54) is 5.69 Å². The van der Waals surface area contributed by atoms with E-state index in [-0.39, 0.29) is 0 Å². The second-order valence-corrected chi connectivity index (χ2v) is 7.75. The van der Waals surface area contributed by atoms with E-state index in [9.17, 15) is 0 Å². The van der Waals surface area contributed by atoms with Gasteiger partial charge in [-0.1, -0.05) is 15.9 Å². The van der Waals surface area contributed by atoms with Crippen LogP contribution in [0.3, 0.4) is 0 Å². The molecule has 2 aromatic heterocycles. The smallest absolute Gasteiger partial charge is 0.159 e. The number of hydrogen-bond acceptors (Lipinski definition) is 4. The lowest BCUT2D eigenvalue weighted by molar-refractivity contribution is 0.313. The average Bonchev–Trinajstić information content (AvgIpc) is 3.24. The molecule has 5 rings (SSSR count). The number of piperazine rings is 1. The molecule has 0 radical (unpaired) electrons. The number of fused-ring (bicyclic) bond motifs is 2. The van der Waals surface area contributed by atoms with E-state index >= 15 is 0 Å². The molecule has 1 fully saturated rings. The van der Waals surface area contributed by atoms with Crippen LogP contribution in [0.1, 0.15) is 0 Å². The molecule has 6 nitrogen and oxygen atoms in total. The van der Waals surface area contributed by atoms with Gasteiger partial charge in [-0.05, 0) is 43.4 Å². The molecule has 0 atom stereocenters. The average molecular weight is 411 g/mol. The summed E-state index contributed by atoms with van der Waals surface area (Å²) in [6.45, 7) is 4.31. The molecule has 3 heterocycles. The molecule has 1 aliphatic rings. The number of benzene rings is 2. The third-order valence-electron chi connectivity index (χ3n) is 5.08. The molecule has 7 heteroatoms. The second kappa shape index (κ2) is 6.10. The number of halogens is 1. The summed E-state index contributed by atoms with van der Waals surface area (Å²) >= 11 is 3.54. The van der Waals surface area contributed by atoms with E-state index in [2.05, 4.69) is 72.2 Å². The SMILES string of the molecule is CN1CCN(c2ccc3nc(-c4n[nH]c5ccc(Br)cc45)[nH]c3c2)CC1. The highest BCUT2D eigenvalue weighted by molar-refractivity contribution is 9.10. The van der Waals surface area contributed by atoms with Gasteiger partial charge >= 0.3 is 0 Å². The first-order valence-electron chi connectivity index (χ1n) is 8.75. The summed E-state index contributed by atoms with van der Waals surface area (Å²) in [7, 11) is 2.17. The molecule has 0 aliphatic carbocycles. The highest BCUT2D eigenvalue weighted by Crippen LogP contribution is 2.29. The first-order valence-corrected chi connectivity index (χ1v) is 9.54. The van der Waals surface area contributed by atoms with Crippen LogP contribution in [0.5, 0.6) is 0 Å². The lowest BCUT2D eigenvalue weighted by Crippen LogP contribution is -2.44. The van der Waals surface area contributed by atoms with Crippen molar-refractivity contribution in [1.82, 2.24) is 25.1 Å². The fourth-order valence-electron chi connectivity index (χ4n) is 3.54. The summed E-state index contributed by atoms with van der Waals surface area (Å²) in [4.78, 5) is 13.0. The summed E-state index contributed by atoms with van der Waals surface area (Å²) in [6.07, 6.45) is 0. The Morgan fingerprint density at radius 3 is 2.69 bits per heavy atom. The zero-order valence-electron chi connectivity index (χ0n) is 14.5. The van der Waals surface area contributed by atoms with Crippen molar-refractivity contribution in [2.75, 3.05) is 38.1 Å². The largest absolute Gasteiger partial charge is 0.369 e. The minimum absolute atomic E-state index is 0.792. The third kappa shape index (κ3) is 2.68. The van der Waals surface area contributed by atoms with Crippen molar-refractivity contribution >= 4 is 43.6 Å². The van der Waals surface area contributed by atoms with Crippen LogP contribution in [-0.4, -0.2) is 58.3 Å². The maximum Gasteiger partial charge on any atom is 0.159 e. The van der Waals surface area contributed by atoms with E-state index in [1.54, 1.807) is 0 Å². The van der Waals surface area contributed by atoms with E-state index in [0.717, 1.165) is 64.1 Å². The van der Waals surface area contributed by atoms with Gasteiger partial charge in [0.2, 0.25) is 0 Å². The van der Waals surface area contributed by atoms with Crippen molar-refractivity contribution in [3.05, 3.63) is 40.9 Å². The Morgan fingerprint density at radius 1 is 1.00 bits per heavy atom. The van der Waals surface area contributed by atoms with Crippen LogP contribution in [0.2, 0.25) is 0 Å². The normalized spacial score (nSPS) is 16.0. The predicted molar refractivity (Wildman–Crippen MR) is 109 cm³/mol. The molecular formula is C19H19BrN6. The van der Waals surface area contributed by atoms with Crippen molar-refractivity contribution < 1.29 is 0 Å². The highest BCUT2D eigenvalue weighted by atomic mass is 79.9.